The van der Waals surface area contributed by atoms with Crippen LogP contribution in [0.2, 0.25) is 0 Å². The van der Waals surface area contributed by atoms with E-state index in [-0.39, 0.29) is 4.90 Å². The van der Waals surface area contributed by atoms with E-state index in [0.717, 1.165) is 12.0 Å². The van der Waals surface area contributed by atoms with Gasteiger partial charge in [-0.1, -0.05) is 19.1 Å². The van der Waals surface area contributed by atoms with Crippen molar-refractivity contribution in [2.45, 2.75) is 38.5 Å². The fraction of sp³-hybridized carbons (Fsp3) is 0.571. The van der Waals surface area contributed by atoms with Crippen molar-refractivity contribution in [3.8, 4) is 0 Å². The van der Waals surface area contributed by atoms with Gasteiger partial charge in [-0.3, -0.25) is 0 Å². The van der Waals surface area contributed by atoms with Gasteiger partial charge >= 0.3 is 0 Å². The molecule has 6 heteroatoms. The Morgan fingerprint density at radius 2 is 1.85 bits per heavy atom. The Labute approximate surface area is 121 Å². The van der Waals surface area contributed by atoms with Crippen LogP contribution in [-0.4, -0.2) is 28.2 Å². The molecule has 5 nitrogen and oxygen atoms in total. The second-order valence-electron chi connectivity index (χ2n) is 4.81. The van der Waals surface area contributed by atoms with E-state index in [1.165, 1.54) is 0 Å². The van der Waals surface area contributed by atoms with E-state index in [1.54, 1.807) is 19.9 Å². The lowest BCUT2D eigenvalue weighted by atomic mass is 10.1. The van der Waals surface area contributed by atoms with Gasteiger partial charge in [0.15, 0.2) is 0 Å². The monoisotopic (exact) mass is 300 g/mol. The zero-order chi connectivity index (χ0) is 15.2. The van der Waals surface area contributed by atoms with Crippen LogP contribution in [0.1, 0.15) is 30.9 Å². The van der Waals surface area contributed by atoms with E-state index in [1.807, 2.05) is 13.0 Å². The molecule has 1 aromatic rings. The first kappa shape index (κ1) is 16.9. The van der Waals surface area contributed by atoms with Gasteiger partial charge in [0.2, 0.25) is 10.0 Å². The average Bonchev–Trinajstić information content (AvgIpc) is 2.38. The summed E-state index contributed by atoms with van der Waals surface area (Å²) in [5.74, 6) is 0. The molecule has 0 aromatic heterocycles. The predicted molar refractivity (Wildman–Crippen MR) is 81.2 cm³/mol. The first-order valence-electron chi connectivity index (χ1n) is 6.83. The zero-order valence-electron chi connectivity index (χ0n) is 12.4. The number of nitrogens with two attached hydrogens (primary N) is 1. The van der Waals surface area contributed by atoms with Crippen LogP contribution in [0.5, 0.6) is 0 Å². The van der Waals surface area contributed by atoms with Gasteiger partial charge in [-0.2, -0.15) is 0 Å². The van der Waals surface area contributed by atoms with Crippen molar-refractivity contribution in [2.75, 3.05) is 25.5 Å². The van der Waals surface area contributed by atoms with Crippen molar-refractivity contribution in [1.29, 1.82) is 0 Å². The maximum absolute atomic E-state index is 12.3. The molecule has 0 aliphatic heterocycles. The molecular weight excluding hydrogens is 276 g/mol. The number of ether oxygens (including phenoxy) is 1. The molecule has 114 valence electrons. The standard InChI is InChI=1S/C14H24N2O3S/c1-4-9-19-10-5-8-16-20(17,18)14-12(3)7-6-11(2)13(14)15/h6-7,16H,4-5,8-10,15H2,1-3H3. The Hall–Kier alpha value is -1.11. The summed E-state index contributed by atoms with van der Waals surface area (Å²) in [6, 6.07) is 3.59. The van der Waals surface area contributed by atoms with Crippen LogP contribution in [0.4, 0.5) is 5.69 Å². The van der Waals surface area contributed by atoms with Crippen LogP contribution in [0, 0.1) is 13.8 Å². The topological polar surface area (TPSA) is 81.4 Å². The number of hydrogen-bond donors (Lipinski definition) is 2. The minimum Gasteiger partial charge on any atom is -0.397 e. The summed E-state index contributed by atoms with van der Waals surface area (Å²) >= 11 is 0. The second kappa shape index (κ2) is 7.61. The lowest BCUT2D eigenvalue weighted by Crippen LogP contribution is -2.27. The van der Waals surface area contributed by atoms with E-state index < -0.39 is 10.0 Å². The first-order valence-corrected chi connectivity index (χ1v) is 8.31. The molecule has 0 fully saturated rings. The van der Waals surface area contributed by atoms with Crippen molar-refractivity contribution < 1.29 is 13.2 Å². The summed E-state index contributed by atoms with van der Waals surface area (Å²) in [5, 5.41) is 0. The highest BCUT2D eigenvalue weighted by Crippen LogP contribution is 2.25. The van der Waals surface area contributed by atoms with Gasteiger partial charge in [0.25, 0.3) is 0 Å². The van der Waals surface area contributed by atoms with E-state index in [2.05, 4.69) is 4.72 Å². The van der Waals surface area contributed by atoms with Gasteiger partial charge in [0.1, 0.15) is 4.90 Å². The summed E-state index contributed by atoms with van der Waals surface area (Å²) in [7, 11) is -3.57. The fourth-order valence-electron chi connectivity index (χ4n) is 1.86. The zero-order valence-corrected chi connectivity index (χ0v) is 13.2. The van der Waals surface area contributed by atoms with Crippen molar-refractivity contribution >= 4 is 15.7 Å². The number of sulfonamides is 1. The second-order valence-corrected chi connectivity index (χ2v) is 6.51. The molecule has 0 unspecified atom stereocenters. The third kappa shape index (κ3) is 4.47. The Balaban J connectivity index is 2.68. The number of rotatable bonds is 8. The molecule has 0 atom stereocenters. The van der Waals surface area contributed by atoms with Crippen molar-refractivity contribution in [2.24, 2.45) is 0 Å². The van der Waals surface area contributed by atoms with Crippen LogP contribution in [0.25, 0.3) is 0 Å². The summed E-state index contributed by atoms with van der Waals surface area (Å²) in [6.07, 6.45) is 1.61. The number of anilines is 1. The smallest absolute Gasteiger partial charge is 0.242 e. The first-order chi connectivity index (χ1) is 9.40. The Bertz CT molecular complexity index is 542. The van der Waals surface area contributed by atoms with Crippen LogP contribution in [0.3, 0.4) is 0 Å². The van der Waals surface area contributed by atoms with Crippen LogP contribution < -0.4 is 10.5 Å². The number of nitrogen functional groups attached to an aromatic ring is 1. The molecule has 1 rings (SSSR count). The summed E-state index contributed by atoms with van der Waals surface area (Å²) in [6.45, 7) is 7.18. The third-order valence-corrected chi connectivity index (χ3v) is 4.65. The van der Waals surface area contributed by atoms with E-state index in [0.29, 0.717) is 37.4 Å². The molecule has 1 aromatic carbocycles. The maximum atomic E-state index is 12.3. The SMILES string of the molecule is CCCOCCCNS(=O)(=O)c1c(C)ccc(C)c1N. The largest absolute Gasteiger partial charge is 0.397 e. The van der Waals surface area contributed by atoms with Crippen LogP contribution >= 0.6 is 0 Å². The molecule has 0 saturated carbocycles. The third-order valence-electron chi connectivity index (χ3n) is 2.99. The Kier molecular flexibility index (Phi) is 6.45. The summed E-state index contributed by atoms with van der Waals surface area (Å²) < 4.78 is 32.4. The van der Waals surface area contributed by atoms with Crippen LogP contribution in [-0.2, 0) is 14.8 Å². The molecule has 0 bridgehead atoms. The summed E-state index contributed by atoms with van der Waals surface area (Å²) in [4.78, 5) is 0.187. The van der Waals surface area contributed by atoms with E-state index in [4.69, 9.17) is 10.5 Å². The van der Waals surface area contributed by atoms with E-state index >= 15 is 0 Å². The molecule has 0 heterocycles. The molecule has 0 aliphatic rings. The minimum absolute atomic E-state index is 0.187. The minimum atomic E-state index is -3.57. The maximum Gasteiger partial charge on any atom is 0.242 e. The van der Waals surface area contributed by atoms with Gasteiger partial charge in [0.05, 0.1) is 5.69 Å². The fourth-order valence-corrected chi connectivity index (χ4v) is 3.36. The molecule has 0 radical (unpaired) electrons. The molecule has 20 heavy (non-hydrogen) atoms. The Morgan fingerprint density at radius 3 is 2.50 bits per heavy atom. The highest BCUT2D eigenvalue weighted by atomic mass is 32.2. The molecular formula is C14H24N2O3S. The van der Waals surface area contributed by atoms with Gasteiger partial charge in [-0.25, -0.2) is 13.1 Å². The van der Waals surface area contributed by atoms with Crippen molar-refractivity contribution in [1.82, 2.24) is 4.72 Å². The lowest BCUT2D eigenvalue weighted by molar-refractivity contribution is 0.133. The van der Waals surface area contributed by atoms with Gasteiger partial charge in [0, 0.05) is 19.8 Å². The van der Waals surface area contributed by atoms with Crippen molar-refractivity contribution in [3.63, 3.8) is 0 Å². The van der Waals surface area contributed by atoms with E-state index in [9.17, 15) is 8.42 Å². The number of aryl methyl sites for hydroxylation is 2. The number of nitrogens with one attached hydrogen (secondary N) is 1. The highest BCUT2D eigenvalue weighted by Gasteiger charge is 2.20. The quantitative estimate of drug-likeness (QED) is 0.568. The average molecular weight is 300 g/mol. The van der Waals surface area contributed by atoms with Crippen LogP contribution in [0.15, 0.2) is 17.0 Å². The molecule has 0 aliphatic carbocycles. The predicted octanol–water partition coefficient (Wildman–Crippen LogP) is 1.98. The highest BCUT2D eigenvalue weighted by molar-refractivity contribution is 7.89. The van der Waals surface area contributed by atoms with Gasteiger partial charge in [-0.15, -0.1) is 0 Å². The molecule has 0 saturated heterocycles. The lowest BCUT2D eigenvalue weighted by Gasteiger charge is -2.13. The molecule has 3 N–H and O–H groups in total. The normalized spacial score (nSPS) is 11.8. The Morgan fingerprint density at radius 1 is 1.20 bits per heavy atom. The van der Waals surface area contributed by atoms with Gasteiger partial charge < -0.3 is 10.5 Å². The number of benzene rings is 1. The molecule has 0 spiro atoms. The number of hydrogen-bond acceptors (Lipinski definition) is 4. The van der Waals surface area contributed by atoms with Gasteiger partial charge in [-0.05, 0) is 37.8 Å². The van der Waals surface area contributed by atoms with Crippen molar-refractivity contribution in [3.05, 3.63) is 23.3 Å². The molecule has 0 amide bonds. The summed E-state index contributed by atoms with van der Waals surface area (Å²) in [5.41, 5.74) is 7.64.